The molecule has 2 rings (SSSR count). The third-order valence-electron chi connectivity index (χ3n) is 4.39. The van der Waals surface area contributed by atoms with Crippen LogP contribution in [0.3, 0.4) is 0 Å². The van der Waals surface area contributed by atoms with E-state index in [2.05, 4.69) is 5.32 Å². The van der Waals surface area contributed by atoms with E-state index in [4.69, 9.17) is 18.9 Å². The summed E-state index contributed by atoms with van der Waals surface area (Å²) in [5.41, 5.74) is 0. The van der Waals surface area contributed by atoms with E-state index in [9.17, 15) is 13.2 Å². The van der Waals surface area contributed by atoms with E-state index in [0.717, 1.165) is 4.31 Å². The molecule has 0 aliphatic carbocycles. The van der Waals surface area contributed by atoms with Gasteiger partial charge in [-0.2, -0.15) is 4.31 Å². The number of hydrogen-bond donors (Lipinski definition) is 1. The molecule has 1 unspecified atom stereocenters. The lowest BCUT2D eigenvalue weighted by atomic mass is 10.3. The molecule has 10 heteroatoms. The molecule has 2 aromatic rings. The van der Waals surface area contributed by atoms with Crippen LogP contribution in [-0.4, -0.2) is 66.2 Å². The highest BCUT2D eigenvalue weighted by Crippen LogP contribution is 2.30. The van der Waals surface area contributed by atoms with Crippen LogP contribution in [0.4, 0.5) is 0 Å². The average Bonchev–Trinajstić information content (AvgIpc) is 2.76. The predicted molar refractivity (Wildman–Crippen MR) is 115 cm³/mol. The summed E-state index contributed by atoms with van der Waals surface area (Å²) in [7, 11) is 1.85. The standard InChI is InChI=1S/C21H28N2O7S/c1-15(14-30-19-9-7-6-8-17(19)27-3)22-21(24)13-23(2)31(25,26)16-10-11-18(28-4)20(12-16)29-5/h6-12,15H,13-14H2,1-5H3,(H,22,24). The Bertz CT molecular complexity index is 995. The van der Waals surface area contributed by atoms with Crippen LogP contribution < -0.4 is 24.3 Å². The van der Waals surface area contributed by atoms with Crippen LogP contribution in [0.25, 0.3) is 0 Å². The van der Waals surface area contributed by atoms with Gasteiger partial charge in [-0.1, -0.05) is 12.1 Å². The topological polar surface area (TPSA) is 103 Å². The molecule has 0 aliphatic heterocycles. The van der Waals surface area contributed by atoms with Crippen molar-refractivity contribution >= 4 is 15.9 Å². The van der Waals surface area contributed by atoms with Gasteiger partial charge in [0.15, 0.2) is 23.0 Å². The molecule has 9 nitrogen and oxygen atoms in total. The summed E-state index contributed by atoms with van der Waals surface area (Å²) in [6, 6.07) is 11.1. The number of likely N-dealkylation sites (N-methyl/N-ethyl adjacent to an activating group) is 1. The normalized spacial score (nSPS) is 12.2. The van der Waals surface area contributed by atoms with E-state index in [1.165, 1.54) is 39.5 Å². The van der Waals surface area contributed by atoms with Crippen LogP contribution in [0.5, 0.6) is 23.0 Å². The van der Waals surface area contributed by atoms with Crippen molar-refractivity contribution in [3.8, 4) is 23.0 Å². The van der Waals surface area contributed by atoms with Gasteiger partial charge in [-0.15, -0.1) is 0 Å². The smallest absolute Gasteiger partial charge is 0.243 e. The summed E-state index contributed by atoms with van der Waals surface area (Å²) >= 11 is 0. The molecular weight excluding hydrogens is 424 g/mol. The molecule has 0 spiro atoms. The average molecular weight is 453 g/mol. The minimum absolute atomic E-state index is 0.00648. The van der Waals surface area contributed by atoms with Gasteiger partial charge in [0.25, 0.3) is 0 Å². The molecule has 1 amide bonds. The van der Waals surface area contributed by atoms with Crippen LogP contribution in [-0.2, 0) is 14.8 Å². The van der Waals surface area contributed by atoms with Crippen LogP contribution in [0.2, 0.25) is 0 Å². The highest BCUT2D eigenvalue weighted by molar-refractivity contribution is 7.89. The Morgan fingerprint density at radius 3 is 2.16 bits per heavy atom. The Hall–Kier alpha value is -2.98. The summed E-state index contributed by atoms with van der Waals surface area (Å²) < 4.78 is 47.8. The lowest BCUT2D eigenvalue weighted by Crippen LogP contribution is -2.43. The first-order valence-corrected chi connectivity index (χ1v) is 10.9. The molecule has 0 heterocycles. The third kappa shape index (κ3) is 6.25. The van der Waals surface area contributed by atoms with Crippen molar-refractivity contribution in [2.75, 3.05) is 41.5 Å². The van der Waals surface area contributed by atoms with Crippen LogP contribution in [0.15, 0.2) is 47.4 Å². The van der Waals surface area contributed by atoms with E-state index in [-0.39, 0.29) is 29.8 Å². The zero-order valence-corrected chi connectivity index (χ0v) is 19.1. The quantitative estimate of drug-likeness (QED) is 0.556. The van der Waals surface area contributed by atoms with Crippen LogP contribution in [0, 0.1) is 0 Å². The van der Waals surface area contributed by atoms with Gasteiger partial charge in [0, 0.05) is 13.1 Å². The molecule has 31 heavy (non-hydrogen) atoms. The zero-order chi connectivity index (χ0) is 23.0. The van der Waals surface area contributed by atoms with E-state index in [1.807, 2.05) is 12.1 Å². The van der Waals surface area contributed by atoms with Gasteiger partial charge in [-0.3, -0.25) is 4.79 Å². The minimum Gasteiger partial charge on any atom is -0.493 e. The Balaban J connectivity index is 1.96. The SMILES string of the molecule is COc1ccc(S(=O)(=O)N(C)CC(=O)NC(C)COc2ccccc2OC)cc1OC. The monoisotopic (exact) mass is 452 g/mol. The molecule has 170 valence electrons. The van der Waals surface area contributed by atoms with Crippen molar-refractivity contribution in [3.63, 3.8) is 0 Å². The number of rotatable bonds is 11. The predicted octanol–water partition coefficient (Wildman–Crippen LogP) is 1.92. The largest absolute Gasteiger partial charge is 0.493 e. The summed E-state index contributed by atoms with van der Waals surface area (Å²) in [6.07, 6.45) is 0. The van der Waals surface area contributed by atoms with Crippen molar-refractivity contribution < 1.29 is 32.2 Å². The van der Waals surface area contributed by atoms with Gasteiger partial charge < -0.3 is 24.3 Å². The van der Waals surface area contributed by atoms with Gasteiger partial charge in [0.1, 0.15) is 6.61 Å². The van der Waals surface area contributed by atoms with E-state index in [0.29, 0.717) is 17.2 Å². The summed E-state index contributed by atoms with van der Waals surface area (Å²) in [4.78, 5) is 12.4. The number of sulfonamides is 1. The molecule has 1 atom stereocenters. The first-order valence-electron chi connectivity index (χ1n) is 9.46. The molecule has 0 aliphatic rings. The van der Waals surface area contributed by atoms with Gasteiger partial charge in [-0.05, 0) is 31.2 Å². The lowest BCUT2D eigenvalue weighted by Gasteiger charge is -2.20. The Labute approximate surface area is 182 Å². The fourth-order valence-corrected chi connectivity index (χ4v) is 3.90. The highest BCUT2D eigenvalue weighted by atomic mass is 32.2. The highest BCUT2D eigenvalue weighted by Gasteiger charge is 2.25. The van der Waals surface area contributed by atoms with Gasteiger partial charge in [-0.25, -0.2) is 8.42 Å². The lowest BCUT2D eigenvalue weighted by molar-refractivity contribution is -0.121. The fraction of sp³-hybridized carbons (Fsp3) is 0.381. The molecule has 0 saturated heterocycles. The third-order valence-corrected chi connectivity index (χ3v) is 6.19. The number of amides is 1. The first-order chi connectivity index (χ1) is 14.7. The van der Waals surface area contributed by atoms with E-state index < -0.39 is 15.9 Å². The van der Waals surface area contributed by atoms with Crippen LogP contribution >= 0.6 is 0 Å². The van der Waals surface area contributed by atoms with Gasteiger partial charge in [0.05, 0.1) is 38.8 Å². The van der Waals surface area contributed by atoms with Crippen molar-refractivity contribution in [1.82, 2.24) is 9.62 Å². The van der Waals surface area contributed by atoms with Gasteiger partial charge >= 0.3 is 0 Å². The second kappa shape index (κ2) is 10.9. The number of nitrogens with zero attached hydrogens (tertiary/aromatic N) is 1. The summed E-state index contributed by atoms with van der Waals surface area (Å²) in [5, 5.41) is 2.73. The summed E-state index contributed by atoms with van der Waals surface area (Å²) in [6.45, 7) is 1.60. The number of carbonyl (C=O) groups is 1. The Kier molecular flexibility index (Phi) is 8.52. The summed E-state index contributed by atoms with van der Waals surface area (Å²) in [5.74, 6) is 1.37. The van der Waals surface area contributed by atoms with Crippen molar-refractivity contribution in [2.24, 2.45) is 0 Å². The second-order valence-corrected chi connectivity index (χ2v) is 8.75. The number of methoxy groups -OCH3 is 3. The molecule has 0 radical (unpaired) electrons. The fourth-order valence-electron chi connectivity index (χ4n) is 2.76. The number of ether oxygens (including phenoxy) is 4. The van der Waals surface area contributed by atoms with E-state index >= 15 is 0 Å². The number of nitrogens with one attached hydrogen (secondary N) is 1. The Morgan fingerprint density at radius 2 is 1.55 bits per heavy atom. The van der Waals surface area contributed by atoms with Crippen molar-refractivity contribution in [3.05, 3.63) is 42.5 Å². The van der Waals surface area contributed by atoms with Crippen molar-refractivity contribution in [2.45, 2.75) is 17.9 Å². The van der Waals surface area contributed by atoms with Gasteiger partial charge in [0.2, 0.25) is 15.9 Å². The first kappa shape index (κ1) is 24.3. The second-order valence-electron chi connectivity index (χ2n) is 6.71. The molecule has 0 fully saturated rings. The maximum atomic E-state index is 12.8. The zero-order valence-electron chi connectivity index (χ0n) is 18.2. The maximum Gasteiger partial charge on any atom is 0.243 e. The van der Waals surface area contributed by atoms with Crippen molar-refractivity contribution in [1.29, 1.82) is 0 Å². The maximum absolute atomic E-state index is 12.8. The molecule has 2 aromatic carbocycles. The minimum atomic E-state index is -3.90. The number of benzene rings is 2. The van der Waals surface area contributed by atoms with E-state index in [1.54, 1.807) is 26.2 Å². The molecule has 0 bridgehead atoms. The number of hydrogen-bond acceptors (Lipinski definition) is 7. The number of carbonyl (C=O) groups excluding carboxylic acids is 1. The molecule has 0 saturated carbocycles. The van der Waals surface area contributed by atoms with Crippen LogP contribution in [0.1, 0.15) is 6.92 Å². The Morgan fingerprint density at radius 1 is 0.968 bits per heavy atom. The molecular formula is C21H28N2O7S. The molecule has 1 N–H and O–H groups in total. The number of para-hydroxylation sites is 2. The molecule has 0 aromatic heterocycles.